The number of hydrogen-bond acceptors (Lipinski definition) is 2. The number of rotatable bonds is 1. The highest BCUT2D eigenvalue weighted by Crippen LogP contribution is 1.98. The van der Waals surface area contributed by atoms with E-state index in [1.165, 1.54) is 0 Å². The lowest BCUT2D eigenvalue weighted by molar-refractivity contribution is 0.211. The number of nitrogens with zero attached hydrogens (tertiary/aromatic N) is 2. The first-order chi connectivity index (χ1) is 4.43. The standard InChI is InChI=1S/C6H11N2O/c1-9-8-6-2-4-7-5-3-6/h2-5H2,1H3. The summed E-state index contributed by atoms with van der Waals surface area (Å²) in [5.74, 6) is 0. The van der Waals surface area contributed by atoms with E-state index in [1.54, 1.807) is 7.11 Å². The van der Waals surface area contributed by atoms with Crippen LogP contribution >= 0.6 is 0 Å². The average molecular weight is 127 g/mol. The van der Waals surface area contributed by atoms with E-state index in [1.807, 2.05) is 0 Å². The van der Waals surface area contributed by atoms with Crippen LogP contribution in [0.2, 0.25) is 0 Å². The normalized spacial score (nSPS) is 19.4. The second-order valence-electron chi connectivity index (χ2n) is 2.01. The third-order valence-electron chi connectivity index (χ3n) is 1.34. The first-order valence-electron chi connectivity index (χ1n) is 3.15. The second-order valence-corrected chi connectivity index (χ2v) is 2.01. The van der Waals surface area contributed by atoms with Crippen LogP contribution in [-0.2, 0) is 4.84 Å². The molecule has 1 aliphatic rings. The predicted molar refractivity (Wildman–Crippen MR) is 35.5 cm³/mol. The largest absolute Gasteiger partial charge is 0.399 e. The Hall–Kier alpha value is -0.570. The molecule has 0 aliphatic carbocycles. The van der Waals surface area contributed by atoms with Crippen molar-refractivity contribution < 1.29 is 4.84 Å². The molecule has 0 saturated carbocycles. The highest BCUT2D eigenvalue weighted by atomic mass is 16.6. The van der Waals surface area contributed by atoms with Crippen molar-refractivity contribution in [3.8, 4) is 0 Å². The van der Waals surface area contributed by atoms with Gasteiger partial charge in [-0.15, -0.1) is 0 Å². The average Bonchev–Trinajstić information content (AvgIpc) is 1.91. The molecular formula is C6H11N2O. The minimum atomic E-state index is 0.919. The Bertz CT molecular complexity index is 104. The lowest BCUT2D eigenvalue weighted by Crippen LogP contribution is -2.22. The van der Waals surface area contributed by atoms with Crippen molar-refractivity contribution in [1.29, 1.82) is 0 Å². The van der Waals surface area contributed by atoms with E-state index in [0.29, 0.717) is 0 Å². The van der Waals surface area contributed by atoms with E-state index in [2.05, 4.69) is 15.3 Å². The lowest BCUT2D eigenvalue weighted by Gasteiger charge is -2.10. The van der Waals surface area contributed by atoms with E-state index >= 15 is 0 Å². The Morgan fingerprint density at radius 2 is 2.11 bits per heavy atom. The molecule has 0 aromatic rings. The number of hydrogen-bond donors (Lipinski definition) is 0. The van der Waals surface area contributed by atoms with Gasteiger partial charge in [-0.2, -0.15) is 0 Å². The molecule has 1 radical (unpaired) electrons. The molecule has 51 valence electrons. The summed E-state index contributed by atoms with van der Waals surface area (Å²) < 4.78 is 0. The van der Waals surface area contributed by atoms with Gasteiger partial charge in [-0.3, -0.25) is 0 Å². The van der Waals surface area contributed by atoms with Crippen molar-refractivity contribution in [2.45, 2.75) is 12.8 Å². The monoisotopic (exact) mass is 127 g/mol. The highest BCUT2D eigenvalue weighted by Gasteiger charge is 2.06. The van der Waals surface area contributed by atoms with Crippen molar-refractivity contribution in [3.05, 3.63) is 0 Å². The summed E-state index contributed by atoms with van der Waals surface area (Å²) in [7, 11) is 1.58. The van der Waals surface area contributed by atoms with Crippen LogP contribution in [0.25, 0.3) is 0 Å². The molecule has 0 amide bonds. The molecule has 9 heavy (non-hydrogen) atoms. The molecular weight excluding hydrogens is 116 g/mol. The molecule has 1 heterocycles. The predicted octanol–water partition coefficient (Wildman–Crippen LogP) is 0.387. The lowest BCUT2D eigenvalue weighted by atomic mass is 10.1. The molecule has 0 N–H and O–H groups in total. The van der Waals surface area contributed by atoms with Crippen LogP contribution in [0.15, 0.2) is 5.16 Å². The van der Waals surface area contributed by atoms with E-state index in [-0.39, 0.29) is 0 Å². The zero-order chi connectivity index (χ0) is 6.53. The summed E-state index contributed by atoms with van der Waals surface area (Å²) in [6, 6.07) is 0. The van der Waals surface area contributed by atoms with Gasteiger partial charge >= 0.3 is 0 Å². The topological polar surface area (TPSA) is 35.7 Å². The van der Waals surface area contributed by atoms with Gasteiger partial charge in [0.1, 0.15) is 7.11 Å². The van der Waals surface area contributed by atoms with Crippen LogP contribution < -0.4 is 5.32 Å². The minimum Gasteiger partial charge on any atom is -0.399 e. The van der Waals surface area contributed by atoms with Gasteiger partial charge in [0.25, 0.3) is 0 Å². The minimum absolute atomic E-state index is 0.919. The van der Waals surface area contributed by atoms with E-state index < -0.39 is 0 Å². The molecule has 1 fully saturated rings. The first kappa shape index (κ1) is 6.55. The fourth-order valence-corrected chi connectivity index (χ4v) is 0.873. The summed E-state index contributed by atoms with van der Waals surface area (Å²) in [5, 5.41) is 8.01. The maximum absolute atomic E-state index is 4.63. The summed E-state index contributed by atoms with van der Waals surface area (Å²) in [6.07, 6.45) is 1.96. The van der Waals surface area contributed by atoms with Crippen molar-refractivity contribution in [2.75, 3.05) is 20.2 Å². The van der Waals surface area contributed by atoms with Gasteiger partial charge in [0.2, 0.25) is 0 Å². The Balaban J connectivity index is 2.30. The summed E-state index contributed by atoms with van der Waals surface area (Å²) in [4.78, 5) is 4.63. The fourth-order valence-electron chi connectivity index (χ4n) is 0.873. The zero-order valence-corrected chi connectivity index (χ0v) is 5.63. The van der Waals surface area contributed by atoms with Crippen LogP contribution in [0, 0.1) is 0 Å². The SMILES string of the molecule is CON=C1CC[N]CC1. The molecule has 0 aromatic carbocycles. The van der Waals surface area contributed by atoms with Gasteiger partial charge in [0, 0.05) is 25.9 Å². The number of oxime groups is 1. The van der Waals surface area contributed by atoms with E-state index in [4.69, 9.17) is 0 Å². The fraction of sp³-hybridized carbons (Fsp3) is 0.833. The summed E-state index contributed by atoms with van der Waals surface area (Å²) >= 11 is 0. The van der Waals surface area contributed by atoms with Gasteiger partial charge < -0.3 is 4.84 Å². The molecule has 1 saturated heterocycles. The van der Waals surface area contributed by atoms with Crippen molar-refractivity contribution in [1.82, 2.24) is 5.32 Å². The third-order valence-corrected chi connectivity index (χ3v) is 1.34. The Morgan fingerprint density at radius 3 is 2.67 bits per heavy atom. The molecule has 3 heteroatoms. The zero-order valence-electron chi connectivity index (χ0n) is 5.63. The highest BCUT2D eigenvalue weighted by molar-refractivity contribution is 5.84. The molecule has 3 nitrogen and oxygen atoms in total. The Morgan fingerprint density at radius 1 is 1.44 bits per heavy atom. The van der Waals surface area contributed by atoms with Crippen LogP contribution in [-0.4, -0.2) is 25.9 Å². The van der Waals surface area contributed by atoms with E-state index in [0.717, 1.165) is 31.6 Å². The quantitative estimate of drug-likeness (QED) is 0.469. The summed E-state index contributed by atoms with van der Waals surface area (Å²) in [5.41, 5.74) is 1.15. The first-order valence-corrected chi connectivity index (χ1v) is 3.15. The van der Waals surface area contributed by atoms with Crippen LogP contribution in [0.3, 0.4) is 0 Å². The second kappa shape index (κ2) is 3.45. The smallest absolute Gasteiger partial charge is 0.106 e. The van der Waals surface area contributed by atoms with Crippen molar-refractivity contribution in [3.63, 3.8) is 0 Å². The van der Waals surface area contributed by atoms with Crippen LogP contribution in [0.5, 0.6) is 0 Å². The van der Waals surface area contributed by atoms with Gasteiger partial charge in [-0.05, 0) is 0 Å². The molecule has 0 spiro atoms. The molecule has 0 bridgehead atoms. The number of piperidine rings is 1. The van der Waals surface area contributed by atoms with Crippen LogP contribution in [0.1, 0.15) is 12.8 Å². The van der Waals surface area contributed by atoms with Gasteiger partial charge in [0.15, 0.2) is 0 Å². The Labute approximate surface area is 55.1 Å². The molecule has 0 aromatic heterocycles. The van der Waals surface area contributed by atoms with Crippen molar-refractivity contribution >= 4 is 5.71 Å². The van der Waals surface area contributed by atoms with E-state index in [9.17, 15) is 0 Å². The third kappa shape index (κ3) is 2.01. The molecule has 1 aliphatic heterocycles. The maximum Gasteiger partial charge on any atom is 0.106 e. The summed E-state index contributed by atoms with van der Waals surface area (Å²) in [6.45, 7) is 1.84. The van der Waals surface area contributed by atoms with Crippen molar-refractivity contribution in [2.24, 2.45) is 5.16 Å². The van der Waals surface area contributed by atoms with Gasteiger partial charge in [-0.1, -0.05) is 5.16 Å². The molecule has 0 unspecified atom stereocenters. The van der Waals surface area contributed by atoms with Gasteiger partial charge in [-0.25, -0.2) is 5.32 Å². The van der Waals surface area contributed by atoms with Crippen LogP contribution in [0.4, 0.5) is 0 Å². The Kier molecular flexibility index (Phi) is 2.51. The maximum atomic E-state index is 4.63. The van der Waals surface area contributed by atoms with Gasteiger partial charge in [0.05, 0.1) is 5.71 Å². The molecule has 1 rings (SSSR count). The molecule has 0 atom stereocenters.